The first-order valence-electron chi connectivity index (χ1n) is 6.36. The highest BCUT2D eigenvalue weighted by Crippen LogP contribution is 2.77. The summed E-state index contributed by atoms with van der Waals surface area (Å²) in [5.74, 6) is -0.718. The van der Waals surface area contributed by atoms with Gasteiger partial charge in [0.05, 0.1) is 18.8 Å². The lowest BCUT2D eigenvalue weighted by Crippen LogP contribution is -2.30. The molecular weight excluding hydrogens is 295 g/mol. The van der Waals surface area contributed by atoms with Crippen molar-refractivity contribution in [1.29, 1.82) is 0 Å². The molecule has 3 unspecified atom stereocenters. The minimum atomic E-state index is -2.30. The molecule has 3 rings (SSSR count). The topological polar surface area (TPSA) is 27.7 Å². The molecule has 3 aliphatic rings. The van der Waals surface area contributed by atoms with Crippen molar-refractivity contribution in [3.8, 4) is 0 Å². The number of hydrogen-bond acceptors (Lipinski definition) is 3. The lowest BCUT2D eigenvalue weighted by Gasteiger charge is -2.34. The van der Waals surface area contributed by atoms with Crippen LogP contribution in [0.3, 0.4) is 0 Å². The van der Waals surface area contributed by atoms with Gasteiger partial charge in [-0.25, -0.2) is 0 Å². The van der Waals surface area contributed by atoms with Crippen molar-refractivity contribution >= 4 is 17.9 Å². The van der Waals surface area contributed by atoms with Crippen molar-refractivity contribution in [2.45, 2.75) is 17.5 Å². The fourth-order valence-corrected chi connectivity index (χ4v) is 5.97. The second-order valence-corrected chi connectivity index (χ2v) is 9.22. The van der Waals surface area contributed by atoms with Gasteiger partial charge >= 0.3 is 0 Å². The Bertz CT molecular complexity index is 459. The Balaban J connectivity index is 1.93. The number of halogens is 1. The molecule has 0 radical (unpaired) electrons. The highest BCUT2D eigenvalue weighted by Gasteiger charge is 2.61. The minimum Gasteiger partial charge on any atom is -0.459 e. The monoisotopic (exact) mass is 309 g/mol. The molecule has 5 heteroatoms. The van der Waals surface area contributed by atoms with E-state index in [0.717, 1.165) is 0 Å². The zero-order chi connectivity index (χ0) is 13.8. The summed E-state index contributed by atoms with van der Waals surface area (Å²) in [5, 5.41) is 0. The Morgan fingerprint density at radius 2 is 0.950 bits per heavy atom. The van der Waals surface area contributed by atoms with Crippen LogP contribution in [0, 0.1) is 0 Å². The molecule has 3 nitrogen and oxygen atoms in total. The summed E-state index contributed by atoms with van der Waals surface area (Å²) in [6, 6.07) is 0. The molecule has 20 heavy (non-hydrogen) atoms. The number of ether oxygens (including phenoxy) is 3. The highest BCUT2D eigenvalue weighted by molar-refractivity contribution is 8.00. The summed E-state index contributed by atoms with van der Waals surface area (Å²) in [6.07, 6.45) is 22.2. The first-order valence-corrected chi connectivity index (χ1v) is 9.26. The van der Waals surface area contributed by atoms with E-state index in [-0.39, 0.29) is 17.5 Å². The fraction of sp³-hybridized carbons (Fsp3) is 0.200. The molecule has 0 amide bonds. The van der Waals surface area contributed by atoms with Gasteiger partial charge in [0.15, 0.2) is 0 Å². The van der Waals surface area contributed by atoms with Crippen LogP contribution in [0.1, 0.15) is 0 Å². The third-order valence-corrected chi connectivity index (χ3v) is 8.17. The van der Waals surface area contributed by atoms with Crippen LogP contribution < -0.4 is 0 Å². The number of rotatable bonds is 3. The van der Waals surface area contributed by atoms with Crippen LogP contribution in [-0.2, 0) is 14.2 Å². The molecule has 0 saturated heterocycles. The molecule has 0 aromatic heterocycles. The maximum Gasteiger partial charge on any atom is 0.250 e. The van der Waals surface area contributed by atoms with Crippen LogP contribution in [0.4, 0.5) is 0 Å². The molecule has 104 valence electrons. The SMILES string of the molecule is Cl[P+](C1C=CC=CO1)(C1C=CC=CO1)C1C=CC=CO1. The molecule has 0 spiro atoms. The Hall–Kier alpha value is -1.44. The Labute approximate surface area is 123 Å². The Kier molecular flexibility index (Phi) is 4.00. The maximum atomic E-state index is 7.06. The predicted molar refractivity (Wildman–Crippen MR) is 82.2 cm³/mol. The van der Waals surface area contributed by atoms with Crippen molar-refractivity contribution in [1.82, 2.24) is 0 Å². The summed E-state index contributed by atoms with van der Waals surface area (Å²) in [6.45, 7) is -2.30. The Morgan fingerprint density at radius 1 is 0.600 bits per heavy atom. The standard InChI is InChI=1S/C15H15ClO3P/c16-20(13-7-1-4-10-17-13,14-8-2-5-11-18-14)15-9-3-6-12-19-15/h1-15H/q+1. The third kappa shape index (κ3) is 2.44. The minimum absolute atomic E-state index is 0.239. The lowest BCUT2D eigenvalue weighted by molar-refractivity contribution is 0.195. The molecule has 0 bridgehead atoms. The highest BCUT2D eigenvalue weighted by atomic mass is 35.7. The van der Waals surface area contributed by atoms with Gasteiger partial charge in [-0.3, -0.25) is 0 Å². The third-order valence-electron chi connectivity index (χ3n) is 3.22. The molecule has 0 aromatic rings. The van der Waals surface area contributed by atoms with Gasteiger partial charge in [-0.1, -0.05) is 18.2 Å². The van der Waals surface area contributed by atoms with Crippen molar-refractivity contribution in [3.63, 3.8) is 0 Å². The van der Waals surface area contributed by atoms with Crippen LogP contribution in [0.5, 0.6) is 0 Å². The summed E-state index contributed by atoms with van der Waals surface area (Å²) >= 11 is 7.06. The van der Waals surface area contributed by atoms with Gasteiger partial charge in [0.2, 0.25) is 24.2 Å². The average molecular weight is 310 g/mol. The number of hydrogen-bond donors (Lipinski definition) is 0. The maximum absolute atomic E-state index is 7.06. The van der Waals surface area contributed by atoms with E-state index >= 15 is 0 Å². The normalized spacial score (nSPS) is 33.1. The van der Waals surface area contributed by atoms with E-state index in [2.05, 4.69) is 0 Å². The smallest absolute Gasteiger partial charge is 0.250 e. The van der Waals surface area contributed by atoms with Gasteiger partial charge in [-0.15, -0.1) is 0 Å². The van der Waals surface area contributed by atoms with E-state index in [0.29, 0.717) is 0 Å². The quantitative estimate of drug-likeness (QED) is 0.722. The van der Waals surface area contributed by atoms with Gasteiger partial charge in [-0.2, -0.15) is 0 Å². The summed E-state index contributed by atoms with van der Waals surface area (Å²) < 4.78 is 17.2. The van der Waals surface area contributed by atoms with Crippen LogP contribution >= 0.6 is 17.9 Å². The van der Waals surface area contributed by atoms with E-state index in [1.807, 2.05) is 54.7 Å². The van der Waals surface area contributed by atoms with E-state index in [4.69, 9.17) is 25.5 Å². The molecule has 0 N–H and O–H groups in total. The summed E-state index contributed by atoms with van der Waals surface area (Å²) in [5.41, 5.74) is 0. The molecule has 3 heterocycles. The molecule has 3 aliphatic heterocycles. The molecule has 0 saturated carbocycles. The largest absolute Gasteiger partial charge is 0.459 e. The molecule has 0 aromatic carbocycles. The first-order chi connectivity index (χ1) is 9.82. The van der Waals surface area contributed by atoms with Crippen molar-refractivity contribution < 1.29 is 14.2 Å². The zero-order valence-electron chi connectivity index (χ0n) is 10.7. The van der Waals surface area contributed by atoms with Crippen LogP contribution in [0.25, 0.3) is 0 Å². The van der Waals surface area contributed by atoms with E-state index in [1.165, 1.54) is 0 Å². The zero-order valence-corrected chi connectivity index (χ0v) is 12.4. The van der Waals surface area contributed by atoms with Gasteiger partial charge < -0.3 is 14.2 Å². The van der Waals surface area contributed by atoms with Crippen LogP contribution in [0.15, 0.2) is 73.5 Å². The van der Waals surface area contributed by atoms with Crippen molar-refractivity contribution in [2.75, 3.05) is 0 Å². The fourth-order valence-electron chi connectivity index (χ4n) is 2.24. The second kappa shape index (κ2) is 5.90. The van der Waals surface area contributed by atoms with Gasteiger partial charge in [0, 0.05) is 0 Å². The van der Waals surface area contributed by atoms with Crippen molar-refractivity contribution in [2.24, 2.45) is 0 Å². The van der Waals surface area contributed by atoms with Gasteiger partial charge in [-0.05, 0) is 36.5 Å². The average Bonchev–Trinajstić information content (AvgIpc) is 2.56. The Morgan fingerprint density at radius 3 is 1.20 bits per heavy atom. The number of allylic oxidation sites excluding steroid dienone is 6. The van der Waals surface area contributed by atoms with Crippen LogP contribution in [-0.4, -0.2) is 17.5 Å². The molecule has 0 fully saturated rings. The van der Waals surface area contributed by atoms with Gasteiger partial charge in [0.1, 0.15) is 11.2 Å². The van der Waals surface area contributed by atoms with E-state index < -0.39 is 6.62 Å². The predicted octanol–water partition coefficient (Wildman–Crippen LogP) is 4.44. The molecule has 0 aliphatic carbocycles. The lowest BCUT2D eigenvalue weighted by atomic mass is 10.4. The van der Waals surface area contributed by atoms with E-state index in [9.17, 15) is 0 Å². The molecule has 3 atom stereocenters. The first kappa shape index (κ1) is 13.5. The van der Waals surface area contributed by atoms with Gasteiger partial charge in [0.25, 0.3) is 0 Å². The summed E-state index contributed by atoms with van der Waals surface area (Å²) in [7, 11) is 0. The second-order valence-electron chi connectivity index (χ2n) is 4.46. The summed E-state index contributed by atoms with van der Waals surface area (Å²) in [4.78, 5) is 0. The van der Waals surface area contributed by atoms with E-state index in [1.54, 1.807) is 18.8 Å². The van der Waals surface area contributed by atoms with Crippen LogP contribution in [0.2, 0.25) is 0 Å². The van der Waals surface area contributed by atoms with Crippen molar-refractivity contribution in [3.05, 3.63) is 73.5 Å². The molecular formula is C15H15ClO3P+.